The molecule has 1 heterocycles. The number of benzene rings is 1. The molecule has 0 fully saturated rings. The van der Waals surface area contributed by atoms with Gasteiger partial charge in [0.15, 0.2) is 0 Å². The summed E-state index contributed by atoms with van der Waals surface area (Å²) < 4.78 is 45.4. The van der Waals surface area contributed by atoms with Crippen LogP contribution in [0.4, 0.5) is 13.2 Å². The van der Waals surface area contributed by atoms with Gasteiger partial charge in [-0.15, -0.1) is 0 Å². The number of carbonyl (C=O) groups excluding carboxylic acids is 1. The molecule has 0 radical (unpaired) electrons. The Balaban J connectivity index is 2.00. The number of halogens is 3. The molecule has 0 bridgehead atoms. The van der Waals surface area contributed by atoms with E-state index in [1.807, 2.05) is 0 Å². The predicted molar refractivity (Wildman–Crippen MR) is 82.2 cm³/mol. The second kappa shape index (κ2) is 7.48. The summed E-state index contributed by atoms with van der Waals surface area (Å²) in [7, 11) is 1.55. The molecule has 24 heavy (non-hydrogen) atoms. The summed E-state index contributed by atoms with van der Waals surface area (Å²) in [5.74, 6) is 0.252. The fourth-order valence-corrected chi connectivity index (χ4v) is 2.12. The molecule has 0 aliphatic rings. The summed E-state index contributed by atoms with van der Waals surface area (Å²) in [5.41, 5.74) is 1.57. The summed E-state index contributed by atoms with van der Waals surface area (Å²) >= 11 is 0. The first kappa shape index (κ1) is 18.0. The van der Waals surface area contributed by atoms with Crippen molar-refractivity contribution < 1.29 is 27.4 Å². The van der Waals surface area contributed by atoms with Gasteiger partial charge in [-0.2, -0.15) is 13.2 Å². The van der Waals surface area contributed by atoms with Crippen LogP contribution in [0.2, 0.25) is 0 Å². The molecule has 5 nitrogen and oxygen atoms in total. The van der Waals surface area contributed by atoms with Gasteiger partial charge in [-0.3, -0.25) is 9.78 Å². The van der Waals surface area contributed by atoms with Crippen molar-refractivity contribution in [3.8, 4) is 5.75 Å². The SMILES string of the molecule is COc1ccc2cc(C(=O)NCCOCC(F)(F)F)c(C)nc2c1. The topological polar surface area (TPSA) is 60.5 Å². The molecule has 1 aromatic heterocycles. The molecular weight excluding hydrogens is 325 g/mol. The minimum absolute atomic E-state index is 0.0188. The van der Waals surface area contributed by atoms with Crippen molar-refractivity contribution in [3.05, 3.63) is 35.5 Å². The summed E-state index contributed by atoms with van der Waals surface area (Å²) in [4.78, 5) is 16.5. The van der Waals surface area contributed by atoms with E-state index in [2.05, 4.69) is 15.0 Å². The lowest BCUT2D eigenvalue weighted by atomic mass is 10.1. The fourth-order valence-electron chi connectivity index (χ4n) is 2.12. The van der Waals surface area contributed by atoms with E-state index in [9.17, 15) is 18.0 Å². The summed E-state index contributed by atoms with van der Waals surface area (Å²) in [6.07, 6.45) is -4.37. The maximum absolute atomic E-state index is 12.1. The number of hydrogen-bond acceptors (Lipinski definition) is 4. The van der Waals surface area contributed by atoms with E-state index in [0.29, 0.717) is 22.5 Å². The van der Waals surface area contributed by atoms with Gasteiger partial charge in [-0.1, -0.05) is 0 Å². The lowest BCUT2D eigenvalue weighted by molar-refractivity contribution is -0.173. The van der Waals surface area contributed by atoms with Crippen LogP contribution in [0.5, 0.6) is 5.75 Å². The van der Waals surface area contributed by atoms with E-state index >= 15 is 0 Å². The summed E-state index contributed by atoms with van der Waals surface area (Å²) in [6, 6.07) is 6.98. The molecule has 1 N–H and O–H groups in total. The van der Waals surface area contributed by atoms with Gasteiger partial charge < -0.3 is 14.8 Å². The van der Waals surface area contributed by atoms with Gasteiger partial charge in [-0.25, -0.2) is 0 Å². The molecule has 0 aliphatic carbocycles. The minimum atomic E-state index is -4.37. The van der Waals surface area contributed by atoms with Gasteiger partial charge in [0.25, 0.3) is 5.91 Å². The van der Waals surface area contributed by atoms with E-state index in [1.165, 1.54) is 0 Å². The molecule has 1 aromatic carbocycles. The number of aromatic nitrogens is 1. The molecule has 2 aromatic rings. The maximum atomic E-state index is 12.1. The van der Waals surface area contributed by atoms with Crippen LogP contribution in [0, 0.1) is 6.92 Å². The second-order valence-electron chi connectivity index (χ2n) is 5.10. The Bertz CT molecular complexity index is 732. The van der Waals surface area contributed by atoms with E-state index in [4.69, 9.17) is 4.74 Å². The number of hydrogen-bond donors (Lipinski definition) is 1. The molecule has 0 saturated heterocycles. The zero-order valence-corrected chi connectivity index (χ0v) is 13.2. The third-order valence-electron chi connectivity index (χ3n) is 3.26. The van der Waals surface area contributed by atoms with E-state index in [0.717, 1.165) is 5.39 Å². The lowest BCUT2D eigenvalue weighted by Gasteiger charge is -2.10. The Morgan fingerprint density at radius 2 is 2.04 bits per heavy atom. The molecule has 8 heteroatoms. The van der Waals surface area contributed by atoms with Gasteiger partial charge in [0.2, 0.25) is 0 Å². The van der Waals surface area contributed by atoms with Gasteiger partial charge in [0, 0.05) is 18.0 Å². The first-order valence-electron chi connectivity index (χ1n) is 7.18. The number of methoxy groups -OCH3 is 1. The molecule has 130 valence electrons. The van der Waals surface area contributed by atoms with Gasteiger partial charge in [-0.05, 0) is 25.1 Å². The Hall–Kier alpha value is -2.35. The second-order valence-corrected chi connectivity index (χ2v) is 5.10. The van der Waals surface area contributed by atoms with Crippen LogP contribution < -0.4 is 10.1 Å². The van der Waals surface area contributed by atoms with Crippen LogP contribution in [0.15, 0.2) is 24.3 Å². The summed E-state index contributed by atoms with van der Waals surface area (Å²) in [5, 5.41) is 3.28. The number of rotatable bonds is 6. The number of fused-ring (bicyclic) bond motifs is 1. The minimum Gasteiger partial charge on any atom is -0.497 e. The van der Waals surface area contributed by atoms with Crippen LogP contribution in [-0.4, -0.2) is 43.9 Å². The van der Waals surface area contributed by atoms with Crippen molar-refractivity contribution >= 4 is 16.8 Å². The first-order chi connectivity index (χ1) is 11.3. The van der Waals surface area contributed by atoms with Gasteiger partial charge in [0.1, 0.15) is 12.4 Å². The first-order valence-corrected chi connectivity index (χ1v) is 7.18. The largest absolute Gasteiger partial charge is 0.497 e. The average molecular weight is 342 g/mol. The Kier molecular flexibility index (Phi) is 5.61. The predicted octanol–water partition coefficient (Wildman–Crippen LogP) is 2.86. The van der Waals surface area contributed by atoms with Crippen LogP contribution >= 0.6 is 0 Å². The number of ether oxygens (including phenoxy) is 2. The molecule has 0 atom stereocenters. The molecule has 0 spiro atoms. The van der Waals surface area contributed by atoms with Crippen LogP contribution in [-0.2, 0) is 4.74 Å². The number of aryl methyl sites for hydroxylation is 1. The highest BCUT2D eigenvalue weighted by Crippen LogP contribution is 2.21. The van der Waals surface area contributed by atoms with Crippen molar-refractivity contribution in [2.45, 2.75) is 13.1 Å². The Morgan fingerprint density at radius 3 is 2.71 bits per heavy atom. The van der Waals surface area contributed by atoms with Crippen molar-refractivity contribution in [2.75, 3.05) is 26.9 Å². The summed E-state index contributed by atoms with van der Waals surface area (Å²) in [6.45, 7) is 0.118. The normalized spacial score (nSPS) is 11.5. The molecule has 2 rings (SSSR count). The molecule has 0 aliphatic heterocycles. The number of alkyl halides is 3. The number of carbonyl (C=O) groups is 1. The molecular formula is C16H17F3N2O3. The number of nitrogens with zero attached hydrogens (tertiary/aromatic N) is 1. The highest BCUT2D eigenvalue weighted by Gasteiger charge is 2.27. The molecule has 1 amide bonds. The molecule has 0 unspecified atom stereocenters. The third kappa shape index (κ3) is 4.82. The van der Waals surface area contributed by atoms with Crippen molar-refractivity contribution in [3.63, 3.8) is 0 Å². The zero-order chi connectivity index (χ0) is 17.7. The van der Waals surface area contributed by atoms with Gasteiger partial charge >= 0.3 is 6.18 Å². The number of pyridine rings is 1. The van der Waals surface area contributed by atoms with Crippen LogP contribution in [0.3, 0.4) is 0 Å². The monoisotopic (exact) mass is 342 g/mol. The van der Waals surface area contributed by atoms with Crippen molar-refractivity contribution in [1.82, 2.24) is 10.3 Å². The number of amides is 1. The maximum Gasteiger partial charge on any atom is 0.411 e. The van der Waals surface area contributed by atoms with E-state index < -0.39 is 18.7 Å². The van der Waals surface area contributed by atoms with Crippen LogP contribution in [0.1, 0.15) is 16.1 Å². The average Bonchev–Trinajstić information content (AvgIpc) is 2.52. The quantitative estimate of drug-likeness (QED) is 0.820. The lowest BCUT2D eigenvalue weighted by Crippen LogP contribution is -2.29. The van der Waals surface area contributed by atoms with Gasteiger partial charge in [0.05, 0.1) is 30.5 Å². The smallest absolute Gasteiger partial charge is 0.411 e. The standard InChI is InChI=1S/C16H17F3N2O3/c1-10-13(15(22)20-5-6-24-9-16(17,18)19)7-11-3-4-12(23-2)8-14(11)21-10/h3-4,7-8H,5-6,9H2,1-2H3,(H,20,22). The Labute approximate surface area is 136 Å². The van der Waals surface area contributed by atoms with Crippen LogP contribution in [0.25, 0.3) is 10.9 Å². The molecule has 0 saturated carbocycles. The highest BCUT2D eigenvalue weighted by atomic mass is 19.4. The Morgan fingerprint density at radius 1 is 1.29 bits per heavy atom. The fraction of sp³-hybridized carbons (Fsp3) is 0.375. The highest BCUT2D eigenvalue weighted by molar-refractivity contribution is 5.98. The third-order valence-corrected chi connectivity index (χ3v) is 3.26. The van der Waals surface area contributed by atoms with Crippen molar-refractivity contribution in [1.29, 1.82) is 0 Å². The number of nitrogens with one attached hydrogen (secondary N) is 1. The van der Waals surface area contributed by atoms with E-state index in [1.54, 1.807) is 38.3 Å². The van der Waals surface area contributed by atoms with Crippen molar-refractivity contribution in [2.24, 2.45) is 0 Å². The van der Waals surface area contributed by atoms with E-state index in [-0.39, 0.29) is 13.2 Å². The zero-order valence-electron chi connectivity index (χ0n) is 13.2.